The van der Waals surface area contributed by atoms with Crippen LogP contribution in [0.5, 0.6) is 0 Å². The molecule has 0 fully saturated rings. The van der Waals surface area contributed by atoms with Gasteiger partial charge in [0.2, 0.25) is 0 Å². The minimum Gasteiger partial charge on any atom is -0.366 e. The fourth-order valence-corrected chi connectivity index (χ4v) is 2.06. The van der Waals surface area contributed by atoms with E-state index in [1.165, 1.54) is 0 Å². The van der Waals surface area contributed by atoms with Crippen LogP contribution >= 0.6 is 11.8 Å². The molecule has 0 amide bonds. The van der Waals surface area contributed by atoms with Gasteiger partial charge in [-0.1, -0.05) is 6.92 Å². The van der Waals surface area contributed by atoms with Crippen LogP contribution in [-0.4, -0.2) is 22.5 Å². The van der Waals surface area contributed by atoms with Crippen LogP contribution in [-0.2, 0) is 6.18 Å². The van der Waals surface area contributed by atoms with Gasteiger partial charge in [-0.25, -0.2) is 4.98 Å². The lowest BCUT2D eigenvalue weighted by molar-refractivity contribution is -0.141. The molecule has 0 aliphatic heterocycles. The molecule has 104 valence electrons. The summed E-state index contributed by atoms with van der Waals surface area (Å²) in [7, 11) is 0. The van der Waals surface area contributed by atoms with Crippen molar-refractivity contribution in [2.75, 3.05) is 16.8 Å². The van der Waals surface area contributed by atoms with Gasteiger partial charge < -0.3 is 5.32 Å². The van der Waals surface area contributed by atoms with Crippen molar-refractivity contribution < 1.29 is 13.2 Å². The van der Waals surface area contributed by atoms with E-state index in [0.717, 1.165) is 23.6 Å². The number of hydrogen-bond acceptors (Lipinski definition) is 4. The van der Waals surface area contributed by atoms with Gasteiger partial charge in [0.15, 0.2) is 0 Å². The van der Waals surface area contributed by atoms with E-state index in [1.807, 2.05) is 19.9 Å². The van der Waals surface area contributed by atoms with Crippen LogP contribution in [0.4, 0.5) is 19.0 Å². The number of alkyl halides is 3. The molecule has 1 aromatic rings. The van der Waals surface area contributed by atoms with Crippen LogP contribution in [0, 0.1) is 11.3 Å². The third-order valence-corrected chi connectivity index (χ3v) is 3.41. The van der Waals surface area contributed by atoms with Gasteiger partial charge in [-0.15, -0.1) is 0 Å². The quantitative estimate of drug-likeness (QED) is 0.901. The number of halogens is 3. The first-order valence-corrected chi connectivity index (χ1v) is 6.86. The lowest BCUT2D eigenvalue weighted by Gasteiger charge is -2.16. The van der Waals surface area contributed by atoms with E-state index in [2.05, 4.69) is 10.3 Å². The lowest BCUT2D eigenvalue weighted by atomic mass is 10.2. The van der Waals surface area contributed by atoms with Crippen LogP contribution in [0.15, 0.2) is 12.1 Å². The van der Waals surface area contributed by atoms with Crippen LogP contribution in [0.25, 0.3) is 0 Å². The molecular weight excluding hydrogens is 275 g/mol. The van der Waals surface area contributed by atoms with Crippen LogP contribution in [0.2, 0.25) is 0 Å². The van der Waals surface area contributed by atoms with E-state index in [-0.39, 0.29) is 17.4 Å². The second-order valence-corrected chi connectivity index (χ2v) is 5.23. The molecule has 1 aromatic heterocycles. The van der Waals surface area contributed by atoms with Crippen molar-refractivity contribution in [1.29, 1.82) is 5.26 Å². The van der Waals surface area contributed by atoms with Gasteiger partial charge in [0.1, 0.15) is 17.6 Å². The number of nitrogens with one attached hydrogen (secondary N) is 1. The second-order valence-electron chi connectivity index (χ2n) is 3.91. The van der Waals surface area contributed by atoms with Crippen molar-refractivity contribution in [2.45, 2.75) is 26.1 Å². The van der Waals surface area contributed by atoms with Gasteiger partial charge in [-0.05, 0) is 24.8 Å². The highest BCUT2D eigenvalue weighted by molar-refractivity contribution is 7.99. The van der Waals surface area contributed by atoms with E-state index in [4.69, 9.17) is 5.26 Å². The molecule has 0 aliphatic rings. The summed E-state index contributed by atoms with van der Waals surface area (Å²) in [6.07, 6.45) is -4.51. The highest BCUT2D eigenvalue weighted by Gasteiger charge is 2.33. The summed E-state index contributed by atoms with van der Waals surface area (Å²) in [6, 6.07) is 3.73. The smallest absolute Gasteiger partial charge is 0.366 e. The van der Waals surface area contributed by atoms with Gasteiger partial charge in [0.05, 0.1) is 5.56 Å². The Morgan fingerprint density at radius 2 is 2.16 bits per heavy atom. The van der Waals surface area contributed by atoms with Gasteiger partial charge >= 0.3 is 6.18 Å². The third-order valence-electron chi connectivity index (χ3n) is 2.26. The Morgan fingerprint density at radius 3 is 2.68 bits per heavy atom. The Morgan fingerprint density at radius 1 is 1.47 bits per heavy atom. The fraction of sp³-hybridized carbons (Fsp3) is 0.500. The van der Waals surface area contributed by atoms with Crippen molar-refractivity contribution in [1.82, 2.24) is 4.98 Å². The molecule has 1 unspecified atom stereocenters. The summed E-state index contributed by atoms with van der Waals surface area (Å²) in [5.74, 6) is 1.65. The predicted octanol–water partition coefficient (Wildman–Crippen LogP) is 3.53. The number of aromatic nitrogens is 1. The zero-order chi connectivity index (χ0) is 14.5. The molecule has 0 bridgehead atoms. The molecule has 0 saturated carbocycles. The molecule has 1 rings (SSSR count). The first kappa shape index (κ1) is 15.6. The summed E-state index contributed by atoms with van der Waals surface area (Å²) >= 11 is 1.66. The Bertz CT molecular complexity index is 468. The molecule has 3 nitrogen and oxygen atoms in total. The van der Waals surface area contributed by atoms with E-state index < -0.39 is 11.9 Å². The standard InChI is InChI=1S/C12H14F3N3S/c1-3-19-7-8(2)17-11-9(6-16)4-5-10(18-11)12(13,14)15/h4-5,8H,3,7H2,1-2H3,(H,17,18). The molecule has 1 N–H and O–H groups in total. The predicted molar refractivity (Wildman–Crippen MR) is 70.0 cm³/mol. The van der Waals surface area contributed by atoms with E-state index in [0.29, 0.717) is 0 Å². The van der Waals surface area contributed by atoms with Crippen molar-refractivity contribution in [3.8, 4) is 6.07 Å². The Kier molecular flexibility index (Phi) is 5.48. The molecule has 0 saturated heterocycles. The molecular formula is C12H14F3N3S. The Balaban J connectivity index is 2.94. The molecule has 0 spiro atoms. The molecule has 19 heavy (non-hydrogen) atoms. The Labute approximate surface area is 114 Å². The van der Waals surface area contributed by atoms with Gasteiger partial charge in [0.25, 0.3) is 0 Å². The largest absolute Gasteiger partial charge is 0.433 e. The molecule has 0 radical (unpaired) electrons. The topological polar surface area (TPSA) is 48.7 Å². The van der Waals surface area contributed by atoms with Crippen molar-refractivity contribution in [2.24, 2.45) is 0 Å². The van der Waals surface area contributed by atoms with Gasteiger partial charge in [-0.3, -0.25) is 0 Å². The number of rotatable bonds is 5. The van der Waals surface area contributed by atoms with E-state index in [9.17, 15) is 13.2 Å². The number of pyridine rings is 1. The van der Waals surface area contributed by atoms with Gasteiger partial charge in [0, 0.05) is 11.8 Å². The van der Waals surface area contributed by atoms with Gasteiger partial charge in [-0.2, -0.15) is 30.2 Å². The van der Waals surface area contributed by atoms with Crippen molar-refractivity contribution >= 4 is 17.6 Å². The number of hydrogen-bond donors (Lipinski definition) is 1. The zero-order valence-corrected chi connectivity index (χ0v) is 11.4. The summed E-state index contributed by atoms with van der Waals surface area (Å²) in [5.41, 5.74) is -0.884. The maximum absolute atomic E-state index is 12.6. The lowest BCUT2D eigenvalue weighted by Crippen LogP contribution is -2.21. The van der Waals surface area contributed by atoms with E-state index in [1.54, 1.807) is 11.8 Å². The molecule has 0 aliphatic carbocycles. The number of anilines is 1. The molecule has 1 heterocycles. The average Bonchev–Trinajstić information content (AvgIpc) is 2.35. The summed E-state index contributed by atoms with van der Waals surface area (Å²) < 4.78 is 37.7. The first-order chi connectivity index (χ1) is 8.88. The number of nitrogens with zero attached hydrogens (tertiary/aromatic N) is 2. The monoisotopic (exact) mass is 289 g/mol. The van der Waals surface area contributed by atoms with E-state index >= 15 is 0 Å². The van der Waals surface area contributed by atoms with Crippen LogP contribution < -0.4 is 5.32 Å². The Hall–Kier alpha value is -1.42. The number of nitriles is 1. The van der Waals surface area contributed by atoms with Crippen LogP contribution in [0.3, 0.4) is 0 Å². The zero-order valence-electron chi connectivity index (χ0n) is 10.6. The maximum Gasteiger partial charge on any atom is 0.433 e. The average molecular weight is 289 g/mol. The SMILES string of the molecule is CCSCC(C)Nc1nc(C(F)(F)F)ccc1C#N. The third kappa shape index (κ3) is 4.63. The molecule has 7 heteroatoms. The second kappa shape index (κ2) is 6.66. The summed E-state index contributed by atoms with van der Waals surface area (Å²) in [4.78, 5) is 3.49. The molecule has 1 atom stereocenters. The minimum absolute atomic E-state index is 0.0125. The van der Waals surface area contributed by atoms with Crippen molar-refractivity contribution in [3.05, 3.63) is 23.4 Å². The highest BCUT2D eigenvalue weighted by atomic mass is 32.2. The maximum atomic E-state index is 12.6. The number of thioether (sulfide) groups is 1. The normalized spacial score (nSPS) is 12.8. The fourth-order valence-electron chi connectivity index (χ4n) is 1.39. The van der Waals surface area contributed by atoms with Crippen LogP contribution in [0.1, 0.15) is 25.1 Å². The summed E-state index contributed by atoms with van der Waals surface area (Å²) in [5, 5.41) is 11.7. The minimum atomic E-state index is -4.51. The first-order valence-electron chi connectivity index (χ1n) is 5.71. The highest BCUT2D eigenvalue weighted by Crippen LogP contribution is 2.29. The van der Waals surface area contributed by atoms with Crippen molar-refractivity contribution in [3.63, 3.8) is 0 Å². The molecule has 0 aromatic carbocycles. The summed E-state index contributed by atoms with van der Waals surface area (Å²) in [6.45, 7) is 3.84.